The number of halogens is 1. The molecule has 1 atom stereocenters. The standard InChI is InChI=1S/C20H22FN3O2/c21-16-6-8-17(9-7-16)23-20(26)18(14-4-2-1-3-5-14)24-12-10-15(11-13-24)19(22)25/h1-9,15,18H,10-13H2,(H2,22,25)(H,23,26). The van der Waals surface area contributed by atoms with E-state index in [9.17, 15) is 14.0 Å². The summed E-state index contributed by atoms with van der Waals surface area (Å²) in [6.07, 6.45) is 1.28. The second-order valence-corrected chi connectivity index (χ2v) is 6.52. The van der Waals surface area contributed by atoms with Crippen molar-refractivity contribution in [1.82, 2.24) is 4.90 Å². The van der Waals surface area contributed by atoms with E-state index in [1.54, 1.807) is 0 Å². The van der Waals surface area contributed by atoms with E-state index in [1.165, 1.54) is 24.3 Å². The number of primary amides is 1. The van der Waals surface area contributed by atoms with Crippen molar-refractivity contribution >= 4 is 17.5 Å². The summed E-state index contributed by atoms with van der Waals surface area (Å²) in [7, 11) is 0. The van der Waals surface area contributed by atoms with Crippen LogP contribution in [0.15, 0.2) is 54.6 Å². The molecule has 0 saturated carbocycles. The number of rotatable bonds is 5. The van der Waals surface area contributed by atoms with Crippen molar-refractivity contribution in [2.75, 3.05) is 18.4 Å². The van der Waals surface area contributed by atoms with Crippen LogP contribution in [-0.4, -0.2) is 29.8 Å². The third-order valence-corrected chi connectivity index (χ3v) is 4.77. The van der Waals surface area contributed by atoms with E-state index in [-0.39, 0.29) is 23.5 Å². The van der Waals surface area contributed by atoms with Crippen molar-refractivity contribution in [3.05, 3.63) is 66.0 Å². The number of carbonyl (C=O) groups excluding carboxylic acids is 2. The first-order valence-corrected chi connectivity index (χ1v) is 8.69. The SMILES string of the molecule is NC(=O)C1CCN(C(C(=O)Nc2ccc(F)cc2)c2ccccc2)CC1. The molecule has 0 spiro atoms. The number of likely N-dealkylation sites (tertiary alicyclic amines) is 1. The maximum Gasteiger partial charge on any atom is 0.246 e. The molecule has 1 heterocycles. The summed E-state index contributed by atoms with van der Waals surface area (Å²) in [6, 6.07) is 14.7. The van der Waals surface area contributed by atoms with Crippen LogP contribution in [0.4, 0.5) is 10.1 Å². The minimum Gasteiger partial charge on any atom is -0.369 e. The number of anilines is 1. The highest BCUT2D eigenvalue weighted by molar-refractivity contribution is 5.95. The first kappa shape index (κ1) is 18.1. The van der Waals surface area contributed by atoms with Crippen LogP contribution < -0.4 is 11.1 Å². The van der Waals surface area contributed by atoms with Gasteiger partial charge in [0, 0.05) is 11.6 Å². The number of piperidine rings is 1. The quantitative estimate of drug-likeness (QED) is 0.866. The van der Waals surface area contributed by atoms with Crippen molar-refractivity contribution < 1.29 is 14.0 Å². The van der Waals surface area contributed by atoms with Gasteiger partial charge in [0.1, 0.15) is 11.9 Å². The van der Waals surface area contributed by atoms with E-state index >= 15 is 0 Å². The minimum atomic E-state index is -0.477. The Balaban J connectivity index is 1.79. The van der Waals surface area contributed by atoms with E-state index < -0.39 is 6.04 Å². The van der Waals surface area contributed by atoms with Crippen molar-refractivity contribution in [2.24, 2.45) is 11.7 Å². The average molecular weight is 355 g/mol. The molecular formula is C20H22FN3O2. The zero-order valence-electron chi connectivity index (χ0n) is 14.4. The molecule has 6 heteroatoms. The van der Waals surface area contributed by atoms with Gasteiger partial charge in [-0.25, -0.2) is 4.39 Å². The molecule has 2 aromatic carbocycles. The molecule has 2 aromatic rings. The maximum absolute atomic E-state index is 13.1. The highest BCUT2D eigenvalue weighted by Crippen LogP contribution is 2.28. The van der Waals surface area contributed by atoms with E-state index in [0.29, 0.717) is 31.6 Å². The first-order valence-electron chi connectivity index (χ1n) is 8.69. The lowest BCUT2D eigenvalue weighted by Gasteiger charge is -2.36. The summed E-state index contributed by atoms with van der Waals surface area (Å²) in [6.45, 7) is 1.23. The van der Waals surface area contributed by atoms with Gasteiger partial charge in [-0.2, -0.15) is 0 Å². The lowest BCUT2D eigenvalue weighted by Crippen LogP contribution is -2.44. The highest BCUT2D eigenvalue weighted by atomic mass is 19.1. The molecule has 1 aliphatic heterocycles. The zero-order chi connectivity index (χ0) is 18.5. The lowest BCUT2D eigenvalue weighted by atomic mass is 9.93. The Morgan fingerprint density at radius 2 is 1.65 bits per heavy atom. The number of hydrogen-bond donors (Lipinski definition) is 2. The topological polar surface area (TPSA) is 75.4 Å². The number of benzene rings is 2. The van der Waals surface area contributed by atoms with Crippen LogP contribution in [0.3, 0.4) is 0 Å². The highest BCUT2D eigenvalue weighted by Gasteiger charge is 2.32. The predicted octanol–water partition coefficient (Wildman–Crippen LogP) is 2.70. The van der Waals surface area contributed by atoms with Gasteiger partial charge in [-0.1, -0.05) is 30.3 Å². The van der Waals surface area contributed by atoms with Crippen LogP contribution in [0.2, 0.25) is 0 Å². The average Bonchev–Trinajstić information content (AvgIpc) is 2.65. The van der Waals surface area contributed by atoms with Gasteiger partial charge in [0.15, 0.2) is 0 Å². The van der Waals surface area contributed by atoms with Crippen molar-refractivity contribution in [1.29, 1.82) is 0 Å². The Bertz CT molecular complexity index is 756. The van der Waals surface area contributed by atoms with Crippen LogP contribution >= 0.6 is 0 Å². The van der Waals surface area contributed by atoms with Gasteiger partial charge >= 0.3 is 0 Å². The first-order chi connectivity index (χ1) is 12.5. The van der Waals surface area contributed by atoms with E-state index in [0.717, 1.165) is 5.56 Å². The second kappa shape index (κ2) is 8.10. The molecule has 5 nitrogen and oxygen atoms in total. The van der Waals surface area contributed by atoms with Gasteiger partial charge in [0.05, 0.1) is 0 Å². The third-order valence-electron chi connectivity index (χ3n) is 4.77. The summed E-state index contributed by atoms with van der Waals surface area (Å²) in [5.74, 6) is -0.948. The Kier molecular flexibility index (Phi) is 5.63. The van der Waals surface area contributed by atoms with Gasteiger partial charge in [-0.05, 0) is 55.8 Å². The number of amides is 2. The van der Waals surface area contributed by atoms with Crippen LogP contribution in [0, 0.1) is 11.7 Å². The fourth-order valence-corrected chi connectivity index (χ4v) is 3.35. The summed E-state index contributed by atoms with van der Waals surface area (Å²) in [5, 5.41) is 2.86. The molecule has 26 heavy (non-hydrogen) atoms. The fourth-order valence-electron chi connectivity index (χ4n) is 3.35. The van der Waals surface area contributed by atoms with Crippen molar-refractivity contribution in [3.8, 4) is 0 Å². The molecule has 2 amide bonds. The van der Waals surface area contributed by atoms with Crippen LogP contribution in [-0.2, 0) is 9.59 Å². The van der Waals surface area contributed by atoms with E-state index in [1.807, 2.05) is 30.3 Å². The smallest absolute Gasteiger partial charge is 0.246 e. The molecule has 1 aliphatic rings. The summed E-state index contributed by atoms with van der Waals surface area (Å²) in [5.41, 5.74) is 6.83. The molecule has 0 aromatic heterocycles. The Morgan fingerprint density at radius 3 is 2.23 bits per heavy atom. The molecular weight excluding hydrogens is 333 g/mol. The van der Waals surface area contributed by atoms with E-state index in [2.05, 4.69) is 10.2 Å². The molecule has 1 saturated heterocycles. The van der Waals surface area contributed by atoms with Gasteiger partial charge in [-0.3, -0.25) is 14.5 Å². The lowest BCUT2D eigenvalue weighted by molar-refractivity contribution is -0.125. The monoisotopic (exact) mass is 355 g/mol. The maximum atomic E-state index is 13.1. The van der Waals surface area contributed by atoms with Gasteiger partial charge in [-0.15, -0.1) is 0 Å². The molecule has 0 aliphatic carbocycles. The number of nitrogens with zero attached hydrogens (tertiary/aromatic N) is 1. The third kappa shape index (κ3) is 4.26. The Labute approximate surface area is 152 Å². The predicted molar refractivity (Wildman–Crippen MR) is 97.7 cm³/mol. The molecule has 0 bridgehead atoms. The molecule has 1 fully saturated rings. The van der Waals surface area contributed by atoms with Crippen LogP contribution in [0.5, 0.6) is 0 Å². The molecule has 3 rings (SSSR count). The minimum absolute atomic E-state index is 0.136. The molecule has 0 radical (unpaired) electrons. The van der Waals surface area contributed by atoms with Crippen LogP contribution in [0.1, 0.15) is 24.4 Å². The number of carbonyl (C=O) groups is 2. The number of nitrogens with two attached hydrogens (primary N) is 1. The molecule has 1 unspecified atom stereocenters. The largest absolute Gasteiger partial charge is 0.369 e. The normalized spacial score (nSPS) is 16.8. The van der Waals surface area contributed by atoms with Gasteiger partial charge < -0.3 is 11.1 Å². The van der Waals surface area contributed by atoms with E-state index in [4.69, 9.17) is 5.73 Å². The molecule has 136 valence electrons. The van der Waals surface area contributed by atoms with Gasteiger partial charge in [0.25, 0.3) is 0 Å². The summed E-state index contributed by atoms with van der Waals surface area (Å²) >= 11 is 0. The van der Waals surface area contributed by atoms with Crippen molar-refractivity contribution in [2.45, 2.75) is 18.9 Å². The Hall–Kier alpha value is -2.73. The summed E-state index contributed by atoms with van der Waals surface area (Å²) < 4.78 is 13.1. The van der Waals surface area contributed by atoms with Crippen LogP contribution in [0.25, 0.3) is 0 Å². The Morgan fingerprint density at radius 1 is 1.04 bits per heavy atom. The molecule has 3 N–H and O–H groups in total. The number of hydrogen-bond acceptors (Lipinski definition) is 3. The number of nitrogens with one attached hydrogen (secondary N) is 1. The second-order valence-electron chi connectivity index (χ2n) is 6.52. The van der Waals surface area contributed by atoms with Gasteiger partial charge in [0.2, 0.25) is 11.8 Å². The fraction of sp³-hybridized carbons (Fsp3) is 0.300. The summed E-state index contributed by atoms with van der Waals surface area (Å²) in [4.78, 5) is 26.4. The zero-order valence-corrected chi connectivity index (χ0v) is 14.4. The van der Waals surface area contributed by atoms with Crippen molar-refractivity contribution in [3.63, 3.8) is 0 Å².